The van der Waals surface area contributed by atoms with Gasteiger partial charge in [0, 0.05) is 11.8 Å². The zero-order valence-electron chi connectivity index (χ0n) is 8.76. The highest BCUT2D eigenvalue weighted by Crippen LogP contribution is 2.26. The molecule has 0 amide bonds. The molecule has 0 spiro atoms. The molecule has 2 aliphatic carbocycles. The van der Waals surface area contributed by atoms with E-state index in [2.05, 4.69) is 6.92 Å². The normalized spacial score (nSPS) is 34.2. The van der Waals surface area contributed by atoms with Crippen LogP contribution in [-0.2, 0) is 0 Å². The maximum Gasteiger partial charge on any atom is 0.0499 e. The second kappa shape index (κ2) is 4.26. The van der Waals surface area contributed by atoms with Crippen LogP contribution >= 0.6 is 0 Å². The van der Waals surface area contributed by atoms with E-state index in [0.717, 1.165) is 5.92 Å². The summed E-state index contributed by atoms with van der Waals surface area (Å²) in [4.78, 5) is 4.93. The van der Waals surface area contributed by atoms with Crippen LogP contribution in [0.5, 0.6) is 0 Å². The highest BCUT2D eigenvalue weighted by Gasteiger charge is 2.20. The predicted molar refractivity (Wildman–Crippen MR) is 57.3 cm³/mol. The Hall–Kier alpha value is -0.330. The van der Waals surface area contributed by atoms with E-state index in [-0.39, 0.29) is 0 Å². The van der Waals surface area contributed by atoms with Gasteiger partial charge in [0.2, 0.25) is 0 Å². The Morgan fingerprint density at radius 3 is 2.38 bits per heavy atom. The van der Waals surface area contributed by atoms with Gasteiger partial charge in [0.15, 0.2) is 0 Å². The lowest BCUT2D eigenvalue weighted by atomic mass is 9.95. The third kappa shape index (κ3) is 2.32. The second-order valence-electron chi connectivity index (χ2n) is 4.71. The monoisotopic (exact) mass is 179 g/mol. The molecule has 0 saturated heterocycles. The van der Waals surface area contributed by atoms with Crippen LogP contribution in [0.15, 0.2) is 4.99 Å². The molecule has 0 aromatic heterocycles. The lowest BCUT2D eigenvalue weighted by Crippen LogP contribution is -2.14. The average Bonchev–Trinajstić information content (AvgIpc) is 2.54. The first kappa shape index (κ1) is 9.23. The standard InChI is InChI=1S/C12H21N/c1-10-6-5-9-12(10)13-11-7-3-2-4-8-11/h10-11H,2-9H2,1H3. The number of aliphatic imine (C=N–C) groups is 1. The van der Waals surface area contributed by atoms with Crippen LogP contribution in [0.4, 0.5) is 0 Å². The number of nitrogens with zero attached hydrogens (tertiary/aromatic N) is 1. The molecule has 1 heteroatoms. The summed E-state index contributed by atoms with van der Waals surface area (Å²) in [5, 5.41) is 0. The van der Waals surface area contributed by atoms with Crippen LogP contribution in [0, 0.1) is 5.92 Å². The Kier molecular flexibility index (Phi) is 3.02. The first-order chi connectivity index (χ1) is 6.36. The van der Waals surface area contributed by atoms with Crippen molar-refractivity contribution in [3.8, 4) is 0 Å². The Balaban J connectivity index is 1.93. The molecular weight excluding hydrogens is 158 g/mol. The number of rotatable bonds is 1. The largest absolute Gasteiger partial charge is 0.291 e. The van der Waals surface area contributed by atoms with E-state index >= 15 is 0 Å². The molecule has 2 saturated carbocycles. The molecule has 2 rings (SSSR count). The maximum absolute atomic E-state index is 4.93. The highest BCUT2D eigenvalue weighted by atomic mass is 14.8. The molecule has 0 aromatic carbocycles. The van der Waals surface area contributed by atoms with Gasteiger partial charge in [0.05, 0.1) is 0 Å². The van der Waals surface area contributed by atoms with Crippen LogP contribution in [0.3, 0.4) is 0 Å². The van der Waals surface area contributed by atoms with Crippen molar-refractivity contribution in [2.24, 2.45) is 10.9 Å². The van der Waals surface area contributed by atoms with Gasteiger partial charge in [-0.3, -0.25) is 4.99 Å². The van der Waals surface area contributed by atoms with Gasteiger partial charge in [-0.2, -0.15) is 0 Å². The van der Waals surface area contributed by atoms with Crippen molar-refractivity contribution in [2.45, 2.75) is 64.3 Å². The molecule has 1 unspecified atom stereocenters. The summed E-state index contributed by atoms with van der Waals surface area (Å²) in [6, 6.07) is 0.698. The van der Waals surface area contributed by atoms with Gasteiger partial charge in [-0.1, -0.05) is 26.2 Å². The Morgan fingerprint density at radius 1 is 1.00 bits per heavy atom. The van der Waals surface area contributed by atoms with Crippen LogP contribution in [0.25, 0.3) is 0 Å². The summed E-state index contributed by atoms with van der Waals surface area (Å²) in [7, 11) is 0. The van der Waals surface area contributed by atoms with Gasteiger partial charge < -0.3 is 0 Å². The fraction of sp³-hybridized carbons (Fsp3) is 0.917. The maximum atomic E-state index is 4.93. The summed E-state index contributed by atoms with van der Waals surface area (Å²) in [6.45, 7) is 2.34. The van der Waals surface area contributed by atoms with Gasteiger partial charge in [0.25, 0.3) is 0 Å². The van der Waals surface area contributed by atoms with Crippen LogP contribution in [-0.4, -0.2) is 11.8 Å². The molecule has 13 heavy (non-hydrogen) atoms. The smallest absolute Gasteiger partial charge is 0.0499 e. The zero-order valence-corrected chi connectivity index (χ0v) is 8.76. The quantitative estimate of drug-likeness (QED) is 0.583. The minimum Gasteiger partial charge on any atom is -0.291 e. The van der Waals surface area contributed by atoms with Gasteiger partial charge in [-0.15, -0.1) is 0 Å². The van der Waals surface area contributed by atoms with E-state index in [4.69, 9.17) is 4.99 Å². The van der Waals surface area contributed by atoms with Crippen molar-refractivity contribution < 1.29 is 0 Å². The summed E-state index contributed by atoms with van der Waals surface area (Å²) in [5.74, 6) is 0.793. The summed E-state index contributed by atoms with van der Waals surface area (Å²) in [5.41, 5.74) is 1.53. The molecule has 0 bridgehead atoms. The van der Waals surface area contributed by atoms with E-state index in [1.807, 2.05) is 0 Å². The van der Waals surface area contributed by atoms with E-state index in [1.54, 1.807) is 0 Å². The Morgan fingerprint density at radius 2 is 1.77 bits per heavy atom. The van der Waals surface area contributed by atoms with Crippen molar-refractivity contribution in [3.05, 3.63) is 0 Å². The molecule has 74 valence electrons. The fourth-order valence-corrected chi connectivity index (χ4v) is 2.64. The highest BCUT2D eigenvalue weighted by molar-refractivity contribution is 5.88. The molecule has 2 aliphatic rings. The van der Waals surface area contributed by atoms with Crippen LogP contribution in [0.2, 0.25) is 0 Å². The first-order valence-corrected chi connectivity index (χ1v) is 5.93. The molecule has 1 nitrogen and oxygen atoms in total. The molecule has 1 atom stereocenters. The molecule has 0 aliphatic heterocycles. The van der Waals surface area contributed by atoms with Crippen LogP contribution in [0.1, 0.15) is 58.3 Å². The number of hydrogen-bond donors (Lipinski definition) is 0. The lowest BCUT2D eigenvalue weighted by molar-refractivity contribution is 0.442. The van der Waals surface area contributed by atoms with Crippen molar-refractivity contribution in [3.63, 3.8) is 0 Å². The average molecular weight is 179 g/mol. The topological polar surface area (TPSA) is 12.4 Å². The first-order valence-electron chi connectivity index (χ1n) is 5.93. The molecule has 0 aromatic rings. The van der Waals surface area contributed by atoms with Gasteiger partial charge in [-0.05, 0) is 38.0 Å². The predicted octanol–water partition coefficient (Wildman–Crippen LogP) is 3.58. The third-order valence-electron chi connectivity index (χ3n) is 3.56. The van der Waals surface area contributed by atoms with Gasteiger partial charge in [-0.25, -0.2) is 0 Å². The lowest BCUT2D eigenvalue weighted by Gasteiger charge is -2.19. The fourth-order valence-electron chi connectivity index (χ4n) is 2.64. The van der Waals surface area contributed by atoms with Crippen molar-refractivity contribution in [1.29, 1.82) is 0 Å². The van der Waals surface area contributed by atoms with E-state index in [9.17, 15) is 0 Å². The Labute approximate surface area is 81.6 Å². The zero-order chi connectivity index (χ0) is 9.10. The summed E-state index contributed by atoms with van der Waals surface area (Å²) < 4.78 is 0. The molecule has 0 heterocycles. The van der Waals surface area contributed by atoms with E-state index < -0.39 is 0 Å². The van der Waals surface area contributed by atoms with Crippen molar-refractivity contribution >= 4 is 5.71 Å². The molecule has 0 N–H and O–H groups in total. The molecular formula is C12H21N. The number of hydrogen-bond acceptors (Lipinski definition) is 1. The SMILES string of the molecule is CC1CCCC1=NC1CCCCC1. The van der Waals surface area contributed by atoms with E-state index in [0.29, 0.717) is 6.04 Å². The van der Waals surface area contributed by atoms with Crippen molar-refractivity contribution in [2.75, 3.05) is 0 Å². The third-order valence-corrected chi connectivity index (χ3v) is 3.56. The summed E-state index contributed by atoms with van der Waals surface area (Å²) in [6.07, 6.45) is 11.0. The van der Waals surface area contributed by atoms with E-state index in [1.165, 1.54) is 57.1 Å². The summed E-state index contributed by atoms with van der Waals surface area (Å²) >= 11 is 0. The second-order valence-corrected chi connectivity index (χ2v) is 4.71. The van der Waals surface area contributed by atoms with Gasteiger partial charge in [0.1, 0.15) is 0 Å². The molecule has 0 radical (unpaired) electrons. The van der Waals surface area contributed by atoms with Crippen LogP contribution < -0.4 is 0 Å². The minimum absolute atomic E-state index is 0.698. The minimum atomic E-state index is 0.698. The van der Waals surface area contributed by atoms with Gasteiger partial charge >= 0.3 is 0 Å². The Bertz CT molecular complexity index is 189. The van der Waals surface area contributed by atoms with Crippen molar-refractivity contribution in [1.82, 2.24) is 0 Å². The molecule has 2 fully saturated rings.